The van der Waals surface area contributed by atoms with Crippen LogP contribution in [0.5, 0.6) is 0 Å². The molecule has 0 spiro atoms. The van der Waals surface area contributed by atoms with E-state index in [1.165, 1.54) is 17.2 Å². The highest BCUT2D eigenvalue weighted by atomic mass is 127. The second-order valence-corrected chi connectivity index (χ2v) is 8.86. The van der Waals surface area contributed by atoms with Gasteiger partial charge in [0.05, 0.1) is 13.0 Å². The van der Waals surface area contributed by atoms with E-state index in [1.807, 2.05) is 45.0 Å². The molecule has 1 N–H and O–H groups in total. The molecule has 1 aromatic heterocycles. The van der Waals surface area contributed by atoms with Crippen molar-refractivity contribution in [3.63, 3.8) is 0 Å². The second kappa shape index (κ2) is 10.3. The zero-order chi connectivity index (χ0) is 23.4. The number of rotatable bonds is 7. The van der Waals surface area contributed by atoms with Crippen LogP contribution >= 0.6 is 22.6 Å². The minimum Gasteiger partial charge on any atom is -0.467 e. The number of hydrogen-bond acceptors (Lipinski definition) is 4. The maximum Gasteiger partial charge on any atom is 0.329 e. The number of fused-ring (bicyclic) bond motifs is 1. The molecule has 0 aliphatic carbocycles. The van der Waals surface area contributed by atoms with Gasteiger partial charge in [-0.25, -0.2) is 4.79 Å². The minimum atomic E-state index is -0.722. The van der Waals surface area contributed by atoms with Crippen LogP contribution in [0.25, 0.3) is 10.8 Å². The summed E-state index contributed by atoms with van der Waals surface area (Å²) in [6, 6.07) is 14.2. The molecule has 1 heterocycles. The molecule has 6 nitrogen and oxygen atoms in total. The quantitative estimate of drug-likeness (QED) is 0.256. The normalized spacial score (nSPS) is 13.1. The van der Waals surface area contributed by atoms with Crippen molar-refractivity contribution in [2.24, 2.45) is 5.92 Å². The molecule has 3 rings (SSSR count). The van der Waals surface area contributed by atoms with Gasteiger partial charge >= 0.3 is 5.97 Å². The van der Waals surface area contributed by atoms with Crippen molar-refractivity contribution in [1.29, 1.82) is 0 Å². The summed E-state index contributed by atoms with van der Waals surface area (Å²) in [6.45, 7) is 5.59. The van der Waals surface area contributed by atoms with Crippen molar-refractivity contribution in [3.05, 3.63) is 76.2 Å². The molecule has 0 saturated heterocycles. The number of nitrogens with one attached hydrogen (secondary N) is 1. The molecule has 0 saturated carbocycles. The molecule has 168 valence electrons. The number of halogens is 1. The highest BCUT2D eigenvalue weighted by Gasteiger charge is 2.26. The van der Waals surface area contributed by atoms with Crippen LogP contribution in [0.15, 0.2) is 59.5 Å². The number of nitrogens with zero attached hydrogens (tertiary/aromatic N) is 1. The minimum absolute atomic E-state index is 0.125. The molecular weight excluding hydrogens is 519 g/mol. The zero-order valence-electron chi connectivity index (χ0n) is 18.6. The van der Waals surface area contributed by atoms with Gasteiger partial charge in [-0.1, -0.05) is 66.8 Å². The van der Waals surface area contributed by atoms with Gasteiger partial charge in [0.1, 0.15) is 6.04 Å². The Morgan fingerprint density at radius 1 is 1.03 bits per heavy atom. The summed E-state index contributed by atoms with van der Waals surface area (Å²) >= 11 is 2.30. The van der Waals surface area contributed by atoms with Crippen LogP contribution in [0.2, 0.25) is 0 Å². The van der Waals surface area contributed by atoms with Crippen molar-refractivity contribution in [3.8, 4) is 0 Å². The summed E-state index contributed by atoms with van der Waals surface area (Å²) in [7, 11) is 1.31. The Balaban J connectivity index is 1.94. The standard InChI is InChI=1S/C25H27IN2O4/c1-15(2)22(25(31)32-4)28-13-12-19-20(24(28)30)6-5-7-21(19)27-23(29)16(3)18-10-8-17(14-26)9-11-18/h5-13,15-16,22H,14H2,1-4H3,(H,27,29)/t16-,22+/m0/s1. The zero-order valence-corrected chi connectivity index (χ0v) is 20.8. The Morgan fingerprint density at radius 3 is 2.31 bits per heavy atom. The summed E-state index contributed by atoms with van der Waals surface area (Å²) < 4.78 is 7.22. The highest BCUT2D eigenvalue weighted by molar-refractivity contribution is 14.1. The van der Waals surface area contributed by atoms with E-state index in [1.54, 1.807) is 30.5 Å². The fourth-order valence-electron chi connectivity index (χ4n) is 3.74. The van der Waals surface area contributed by atoms with Gasteiger partial charge in [-0.15, -0.1) is 0 Å². The second-order valence-electron chi connectivity index (χ2n) is 8.09. The van der Waals surface area contributed by atoms with E-state index in [-0.39, 0.29) is 23.3 Å². The molecular formula is C25H27IN2O4. The first-order valence-corrected chi connectivity index (χ1v) is 12.0. The summed E-state index contributed by atoms with van der Waals surface area (Å²) in [5.41, 5.74) is 2.40. The molecule has 0 aliphatic rings. The number of carbonyl (C=O) groups excluding carboxylic acids is 2. The number of alkyl halides is 1. The van der Waals surface area contributed by atoms with Crippen molar-refractivity contribution in [2.75, 3.05) is 12.4 Å². The van der Waals surface area contributed by atoms with Crippen molar-refractivity contribution in [1.82, 2.24) is 4.57 Å². The molecule has 0 bridgehead atoms. The van der Waals surface area contributed by atoms with E-state index in [2.05, 4.69) is 27.9 Å². The van der Waals surface area contributed by atoms with Gasteiger partial charge in [0.25, 0.3) is 5.56 Å². The van der Waals surface area contributed by atoms with Gasteiger partial charge in [0, 0.05) is 27.1 Å². The van der Waals surface area contributed by atoms with Gasteiger partial charge in [-0.2, -0.15) is 0 Å². The predicted octanol–water partition coefficient (Wildman–Crippen LogP) is 5.05. The molecule has 0 aliphatic heterocycles. The third kappa shape index (κ3) is 4.87. The lowest BCUT2D eigenvalue weighted by molar-refractivity contribution is -0.146. The first-order valence-electron chi connectivity index (χ1n) is 10.5. The van der Waals surface area contributed by atoms with Gasteiger partial charge in [-0.3, -0.25) is 9.59 Å². The number of carbonyl (C=O) groups is 2. The molecule has 1 amide bonds. The molecule has 2 aromatic carbocycles. The molecule has 7 heteroatoms. The van der Waals surface area contributed by atoms with Gasteiger partial charge in [-0.05, 0) is 42.2 Å². The molecule has 0 radical (unpaired) electrons. The summed E-state index contributed by atoms with van der Waals surface area (Å²) in [5, 5.41) is 4.02. The third-order valence-corrected chi connectivity index (χ3v) is 6.51. The molecule has 0 unspecified atom stereocenters. The number of amides is 1. The number of anilines is 1. The number of benzene rings is 2. The summed E-state index contributed by atoms with van der Waals surface area (Å²) in [6.07, 6.45) is 1.59. The Hall–Kier alpha value is -2.68. The smallest absolute Gasteiger partial charge is 0.329 e. The van der Waals surface area contributed by atoms with Crippen molar-refractivity contribution >= 4 is 50.9 Å². The van der Waals surface area contributed by atoms with Crippen LogP contribution in [0.3, 0.4) is 0 Å². The fourth-order valence-corrected chi connectivity index (χ4v) is 4.24. The van der Waals surface area contributed by atoms with Gasteiger partial charge in [0.15, 0.2) is 0 Å². The van der Waals surface area contributed by atoms with Crippen molar-refractivity contribution < 1.29 is 14.3 Å². The lowest BCUT2D eigenvalue weighted by atomic mass is 9.99. The van der Waals surface area contributed by atoms with Crippen LogP contribution < -0.4 is 10.9 Å². The molecule has 3 aromatic rings. The Morgan fingerprint density at radius 2 is 1.72 bits per heavy atom. The number of methoxy groups -OCH3 is 1. The first kappa shape index (κ1) is 24.0. The van der Waals surface area contributed by atoms with Gasteiger partial charge < -0.3 is 14.6 Å². The summed E-state index contributed by atoms with van der Waals surface area (Å²) in [4.78, 5) is 38.4. The fraction of sp³-hybridized carbons (Fsp3) is 0.320. The first-order chi connectivity index (χ1) is 15.3. The highest BCUT2D eigenvalue weighted by Crippen LogP contribution is 2.26. The average Bonchev–Trinajstić information content (AvgIpc) is 2.80. The largest absolute Gasteiger partial charge is 0.467 e. The predicted molar refractivity (Wildman–Crippen MR) is 135 cm³/mol. The van der Waals surface area contributed by atoms with E-state index < -0.39 is 12.0 Å². The number of hydrogen-bond donors (Lipinski definition) is 1. The third-order valence-electron chi connectivity index (χ3n) is 5.63. The van der Waals surface area contributed by atoms with E-state index >= 15 is 0 Å². The molecule has 32 heavy (non-hydrogen) atoms. The maximum atomic E-state index is 13.2. The number of esters is 1. The van der Waals surface area contributed by atoms with Crippen LogP contribution in [0.1, 0.15) is 43.9 Å². The molecule has 2 atom stereocenters. The van der Waals surface area contributed by atoms with Crippen LogP contribution in [-0.2, 0) is 18.8 Å². The SMILES string of the molecule is COC(=O)[C@@H](C(C)C)n1ccc2c(NC(=O)[C@@H](C)c3ccc(CI)cc3)cccc2c1=O. The topological polar surface area (TPSA) is 77.4 Å². The van der Waals surface area contributed by atoms with Crippen LogP contribution in [-0.4, -0.2) is 23.6 Å². The Labute approximate surface area is 201 Å². The monoisotopic (exact) mass is 546 g/mol. The lowest BCUT2D eigenvalue weighted by Crippen LogP contribution is -2.33. The van der Waals surface area contributed by atoms with E-state index in [0.29, 0.717) is 16.5 Å². The maximum absolute atomic E-state index is 13.2. The Bertz CT molecular complexity index is 1180. The average molecular weight is 546 g/mol. The number of aromatic nitrogens is 1. The van der Waals surface area contributed by atoms with Crippen LogP contribution in [0.4, 0.5) is 5.69 Å². The summed E-state index contributed by atoms with van der Waals surface area (Å²) in [5.74, 6) is -1.09. The van der Waals surface area contributed by atoms with Crippen molar-refractivity contribution in [2.45, 2.75) is 37.2 Å². The van der Waals surface area contributed by atoms with Crippen LogP contribution in [0, 0.1) is 5.92 Å². The van der Waals surface area contributed by atoms with E-state index in [9.17, 15) is 14.4 Å². The van der Waals surface area contributed by atoms with E-state index in [4.69, 9.17) is 4.74 Å². The molecule has 0 fully saturated rings. The van der Waals surface area contributed by atoms with Gasteiger partial charge in [0.2, 0.25) is 5.91 Å². The number of pyridine rings is 1. The lowest BCUT2D eigenvalue weighted by Gasteiger charge is -2.22. The van der Waals surface area contributed by atoms with E-state index in [0.717, 1.165) is 9.99 Å². The Kier molecular flexibility index (Phi) is 7.71. The number of ether oxygens (including phenoxy) is 1.